The zero-order chi connectivity index (χ0) is 29.4. The molecule has 1 rings (SSSR count). The molecule has 4 unspecified atom stereocenters. The fraction of sp³-hybridized carbons (Fsp3) is 0.520. The van der Waals surface area contributed by atoms with Crippen LogP contribution in [0.5, 0.6) is 0 Å². The van der Waals surface area contributed by atoms with E-state index >= 15 is 0 Å². The Labute approximate surface area is 226 Å². The number of carboxylic acids is 1. The zero-order valence-corrected chi connectivity index (χ0v) is 21.8. The Bertz CT molecular complexity index is 990. The molecule has 4 atom stereocenters. The Morgan fingerprint density at radius 2 is 1.26 bits per heavy atom. The molecule has 0 saturated heterocycles. The molecule has 1 aromatic rings. The van der Waals surface area contributed by atoms with Crippen molar-refractivity contribution in [2.75, 3.05) is 6.54 Å². The van der Waals surface area contributed by atoms with Crippen molar-refractivity contribution in [3.63, 3.8) is 0 Å². The van der Waals surface area contributed by atoms with Gasteiger partial charge in [-0.1, -0.05) is 30.3 Å². The number of hydrogen-bond donors (Lipinski definition) is 8. The number of unbranched alkanes of at least 4 members (excludes halogenated alkanes) is 1. The molecule has 0 bridgehead atoms. The van der Waals surface area contributed by atoms with Gasteiger partial charge in [0, 0.05) is 19.3 Å². The molecule has 0 heterocycles. The molecule has 39 heavy (non-hydrogen) atoms. The van der Waals surface area contributed by atoms with Crippen LogP contribution in [0.4, 0.5) is 0 Å². The molecular weight excluding hydrogens is 510 g/mol. The van der Waals surface area contributed by atoms with Crippen LogP contribution in [0.1, 0.15) is 50.5 Å². The second-order valence-corrected chi connectivity index (χ2v) is 9.11. The van der Waals surface area contributed by atoms with E-state index in [1.165, 1.54) is 0 Å². The number of carbonyl (C=O) groups excluding carboxylic acids is 5. The second-order valence-electron chi connectivity index (χ2n) is 9.11. The predicted octanol–water partition coefficient (Wildman–Crippen LogP) is -2.24. The molecule has 14 nitrogen and oxygen atoms in total. The lowest BCUT2D eigenvalue weighted by molar-refractivity contribution is -0.142. The lowest BCUT2D eigenvalue weighted by Crippen LogP contribution is -2.57. The van der Waals surface area contributed by atoms with E-state index in [4.69, 9.17) is 22.9 Å². The van der Waals surface area contributed by atoms with Crippen LogP contribution < -0.4 is 38.9 Å². The minimum atomic E-state index is -1.32. The molecule has 1 aromatic carbocycles. The van der Waals surface area contributed by atoms with E-state index in [1.807, 2.05) is 0 Å². The van der Waals surface area contributed by atoms with Crippen molar-refractivity contribution in [2.45, 2.75) is 75.5 Å². The summed E-state index contributed by atoms with van der Waals surface area (Å²) in [6.45, 7) is 0.359. The number of carboxylic acid groups (broad SMARTS) is 1. The van der Waals surface area contributed by atoms with E-state index in [-0.39, 0.29) is 38.5 Å². The number of aliphatic carboxylic acids is 1. The highest BCUT2D eigenvalue weighted by atomic mass is 16.4. The van der Waals surface area contributed by atoms with Gasteiger partial charge in [-0.2, -0.15) is 0 Å². The van der Waals surface area contributed by atoms with Gasteiger partial charge in [0.25, 0.3) is 0 Å². The summed E-state index contributed by atoms with van der Waals surface area (Å²) >= 11 is 0. The summed E-state index contributed by atoms with van der Waals surface area (Å²) in [7, 11) is 0. The van der Waals surface area contributed by atoms with Crippen LogP contribution in [0.15, 0.2) is 30.3 Å². The van der Waals surface area contributed by atoms with Gasteiger partial charge in [0.15, 0.2) is 0 Å². The van der Waals surface area contributed by atoms with Crippen LogP contribution in [0.2, 0.25) is 0 Å². The third-order valence-electron chi connectivity index (χ3n) is 5.83. The van der Waals surface area contributed by atoms with Crippen molar-refractivity contribution in [3.05, 3.63) is 35.9 Å². The van der Waals surface area contributed by atoms with Gasteiger partial charge in [-0.25, -0.2) is 4.79 Å². The van der Waals surface area contributed by atoms with Crippen molar-refractivity contribution in [2.24, 2.45) is 22.9 Å². The Morgan fingerprint density at radius 1 is 0.718 bits per heavy atom. The number of hydrogen-bond acceptors (Lipinski definition) is 8. The van der Waals surface area contributed by atoms with Gasteiger partial charge in [0.1, 0.15) is 18.1 Å². The average molecular weight is 550 g/mol. The highest BCUT2D eigenvalue weighted by Gasteiger charge is 2.30. The van der Waals surface area contributed by atoms with Crippen molar-refractivity contribution in [1.82, 2.24) is 16.0 Å². The molecule has 0 fully saturated rings. The van der Waals surface area contributed by atoms with E-state index in [2.05, 4.69) is 16.0 Å². The van der Waals surface area contributed by atoms with Gasteiger partial charge in [-0.3, -0.25) is 24.0 Å². The third kappa shape index (κ3) is 13.4. The van der Waals surface area contributed by atoms with Crippen LogP contribution in [0, 0.1) is 0 Å². The zero-order valence-electron chi connectivity index (χ0n) is 21.8. The van der Waals surface area contributed by atoms with Crippen LogP contribution in [-0.4, -0.2) is 71.3 Å². The number of benzene rings is 1. The van der Waals surface area contributed by atoms with Crippen molar-refractivity contribution in [3.8, 4) is 0 Å². The van der Waals surface area contributed by atoms with Gasteiger partial charge < -0.3 is 44.0 Å². The maximum atomic E-state index is 13.3. The first-order valence-electron chi connectivity index (χ1n) is 12.6. The molecule has 0 radical (unpaired) electrons. The minimum absolute atomic E-state index is 0.0297. The molecule has 0 aliphatic rings. The molecule has 5 amide bonds. The van der Waals surface area contributed by atoms with E-state index in [9.17, 15) is 33.9 Å². The van der Waals surface area contributed by atoms with E-state index < -0.39 is 59.7 Å². The number of nitrogens with two attached hydrogens (primary N) is 4. The first kappa shape index (κ1) is 33.0. The largest absolute Gasteiger partial charge is 0.480 e. The lowest BCUT2D eigenvalue weighted by Gasteiger charge is -2.25. The van der Waals surface area contributed by atoms with Crippen molar-refractivity contribution >= 4 is 35.5 Å². The Hall–Kier alpha value is -4.04. The molecule has 216 valence electrons. The smallest absolute Gasteiger partial charge is 0.326 e. The summed E-state index contributed by atoms with van der Waals surface area (Å²) in [5.74, 6) is -4.94. The fourth-order valence-corrected chi connectivity index (χ4v) is 3.62. The maximum Gasteiger partial charge on any atom is 0.326 e. The molecule has 0 spiro atoms. The summed E-state index contributed by atoms with van der Waals surface area (Å²) in [6, 6.07) is 3.85. The van der Waals surface area contributed by atoms with Crippen LogP contribution in [0.25, 0.3) is 0 Å². The topological polar surface area (TPSA) is 263 Å². The molecule has 14 heteroatoms. The first-order chi connectivity index (χ1) is 18.4. The summed E-state index contributed by atoms with van der Waals surface area (Å²) in [5, 5.41) is 16.9. The first-order valence-corrected chi connectivity index (χ1v) is 12.6. The summed E-state index contributed by atoms with van der Waals surface area (Å²) < 4.78 is 0. The fourth-order valence-electron chi connectivity index (χ4n) is 3.62. The summed E-state index contributed by atoms with van der Waals surface area (Å²) in [6.07, 6.45) is 0.521. The number of nitrogens with one attached hydrogen (secondary N) is 3. The molecular formula is C25H39N7O7. The summed E-state index contributed by atoms with van der Waals surface area (Å²) in [5.41, 5.74) is 22.3. The van der Waals surface area contributed by atoms with Crippen LogP contribution >= 0.6 is 0 Å². The number of primary amides is 2. The highest BCUT2D eigenvalue weighted by molar-refractivity contribution is 5.94. The molecule has 0 saturated carbocycles. The SMILES string of the molecule is NCCCCC(NC(=O)C(CCC(N)=O)NC(=O)C(Cc1ccccc1)NC(=O)C(N)CCC(N)=O)C(=O)O. The van der Waals surface area contributed by atoms with Gasteiger partial charge in [0.05, 0.1) is 6.04 Å². The molecule has 12 N–H and O–H groups in total. The second kappa shape index (κ2) is 17.5. The number of rotatable bonds is 19. The Balaban J connectivity index is 3.09. The lowest BCUT2D eigenvalue weighted by atomic mass is 10.0. The van der Waals surface area contributed by atoms with Crippen molar-refractivity contribution in [1.29, 1.82) is 0 Å². The standard InChI is InChI=1S/C25H39N7O7/c26-13-5-4-8-18(25(38)39)31-23(36)17(10-12-21(29)34)30-24(37)19(14-15-6-2-1-3-7-15)32-22(35)16(27)9-11-20(28)33/h1-3,6-7,16-19H,4-5,8-14,26-27H2,(H2,28,33)(H2,29,34)(H,30,37)(H,31,36)(H,32,35)(H,38,39). The quantitative estimate of drug-likeness (QED) is 0.0865. The van der Waals surface area contributed by atoms with Crippen LogP contribution in [0.3, 0.4) is 0 Å². The number of carbonyl (C=O) groups is 6. The van der Waals surface area contributed by atoms with Crippen molar-refractivity contribution < 1.29 is 33.9 Å². The maximum absolute atomic E-state index is 13.3. The normalized spacial score (nSPS) is 13.8. The van der Waals surface area contributed by atoms with Crippen LogP contribution in [-0.2, 0) is 35.2 Å². The summed E-state index contributed by atoms with van der Waals surface area (Å²) in [4.78, 5) is 73.0. The Morgan fingerprint density at radius 3 is 1.82 bits per heavy atom. The van der Waals surface area contributed by atoms with Gasteiger partial charge >= 0.3 is 5.97 Å². The number of amides is 5. The minimum Gasteiger partial charge on any atom is -0.480 e. The predicted molar refractivity (Wildman–Crippen MR) is 141 cm³/mol. The van der Waals surface area contributed by atoms with Gasteiger partial charge in [-0.15, -0.1) is 0 Å². The van der Waals surface area contributed by atoms with Gasteiger partial charge in [-0.05, 0) is 44.2 Å². The molecule has 0 aromatic heterocycles. The molecule has 0 aliphatic heterocycles. The third-order valence-corrected chi connectivity index (χ3v) is 5.83. The molecule has 0 aliphatic carbocycles. The Kier molecular flexibility index (Phi) is 14.8. The monoisotopic (exact) mass is 549 g/mol. The van der Waals surface area contributed by atoms with Gasteiger partial charge in [0.2, 0.25) is 29.5 Å². The van der Waals surface area contributed by atoms with E-state index in [0.29, 0.717) is 24.9 Å². The highest BCUT2D eigenvalue weighted by Crippen LogP contribution is 2.08. The average Bonchev–Trinajstić information content (AvgIpc) is 2.88. The van der Waals surface area contributed by atoms with E-state index in [1.54, 1.807) is 30.3 Å². The van der Waals surface area contributed by atoms with E-state index in [0.717, 1.165) is 0 Å².